The molecule has 0 bridgehead atoms. The second-order valence-corrected chi connectivity index (χ2v) is 4.95. The van der Waals surface area contributed by atoms with Crippen molar-refractivity contribution in [2.24, 2.45) is 0 Å². The molecule has 0 aromatic carbocycles. The van der Waals surface area contributed by atoms with Gasteiger partial charge in [-0.05, 0) is 0 Å². The van der Waals surface area contributed by atoms with Gasteiger partial charge in [0.05, 0.1) is 0 Å². The molecule has 2 nitrogen and oxygen atoms in total. The maximum Gasteiger partial charge on any atom is 0.207 e. The molecule has 0 radical (unpaired) electrons. The maximum atomic E-state index is 9.81. The fourth-order valence-electron chi connectivity index (χ4n) is 0.475. The molecule has 1 N–H and O–H groups in total. The SMILES string of the molecule is CC(C)(C)SCCNC=O. The molecular formula is C7H15NOS. The van der Waals surface area contributed by atoms with Gasteiger partial charge in [-0.1, -0.05) is 20.8 Å². The van der Waals surface area contributed by atoms with Gasteiger partial charge in [0.2, 0.25) is 6.41 Å². The second kappa shape index (κ2) is 4.61. The zero-order valence-electron chi connectivity index (χ0n) is 6.81. The summed E-state index contributed by atoms with van der Waals surface area (Å²) in [5, 5.41) is 2.62. The number of carbonyl (C=O) groups is 1. The van der Waals surface area contributed by atoms with Crippen LogP contribution in [0.3, 0.4) is 0 Å². The molecule has 0 rings (SSSR count). The zero-order chi connectivity index (χ0) is 8.04. The highest BCUT2D eigenvalue weighted by Gasteiger charge is 2.08. The molecule has 0 atom stereocenters. The Morgan fingerprint density at radius 2 is 2.10 bits per heavy atom. The molecule has 10 heavy (non-hydrogen) atoms. The van der Waals surface area contributed by atoms with Crippen LogP contribution in [0.4, 0.5) is 0 Å². The molecule has 0 heterocycles. The molecule has 0 fully saturated rings. The summed E-state index contributed by atoms with van der Waals surface area (Å²) in [6, 6.07) is 0. The first-order valence-corrected chi connectivity index (χ1v) is 4.36. The normalized spacial score (nSPS) is 11.1. The third kappa shape index (κ3) is 7.82. The quantitative estimate of drug-likeness (QED) is 0.497. The third-order valence-electron chi connectivity index (χ3n) is 0.865. The van der Waals surface area contributed by atoms with Gasteiger partial charge in [-0.15, -0.1) is 0 Å². The van der Waals surface area contributed by atoms with E-state index in [2.05, 4.69) is 26.1 Å². The van der Waals surface area contributed by atoms with Crippen LogP contribution in [0.15, 0.2) is 0 Å². The molecule has 0 aliphatic heterocycles. The molecule has 0 aliphatic rings. The number of nitrogens with one attached hydrogen (secondary N) is 1. The molecule has 0 spiro atoms. The lowest BCUT2D eigenvalue weighted by Crippen LogP contribution is -2.18. The predicted molar refractivity (Wildman–Crippen MR) is 46.3 cm³/mol. The summed E-state index contributed by atoms with van der Waals surface area (Å²) < 4.78 is 0.310. The Hall–Kier alpha value is -0.180. The lowest BCUT2D eigenvalue weighted by atomic mass is 10.3. The summed E-state index contributed by atoms with van der Waals surface area (Å²) >= 11 is 1.85. The van der Waals surface area contributed by atoms with Crippen LogP contribution in [0.2, 0.25) is 0 Å². The van der Waals surface area contributed by atoms with E-state index in [0.717, 1.165) is 18.7 Å². The fourth-order valence-corrected chi connectivity index (χ4v) is 1.31. The van der Waals surface area contributed by atoms with Crippen LogP contribution in [0.25, 0.3) is 0 Å². The number of carbonyl (C=O) groups excluding carboxylic acids is 1. The Morgan fingerprint density at radius 1 is 1.50 bits per heavy atom. The topological polar surface area (TPSA) is 29.1 Å². The van der Waals surface area contributed by atoms with Crippen molar-refractivity contribution >= 4 is 18.2 Å². The van der Waals surface area contributed by atoms with E-state index in [1.807, 2.05) is 11.8 Å². The van der Waals surface area contributed by atoms with Crippen molar-refractivity contribution in [1.82, 2.24) is 5.32 Å². The zero-order valence-corrected chi connectivity index (χ0v) is 7.62. The van der Waals surface area contributed by atoms with Gasteiger partial charge in [0.1, 0.15) is 0 Å². The lowest BCUT2D eigenvalue weighted by Gasteiger charge is -2.16. The van der Waals surface area contributed by atoms with Crippen molar-refractivity contribution in [3.63, 3.8) is 0 Å². The smallest absolute Gasteiger partial charge is 0.207 e. The number of amides is 1. The maximum absolute atomic E-state index is 9.81. The molecule has 0 saturated heterocycles. The van der Waals surface area contributed by atoms with Gasteiger partial charge in [0.15, 0.2) is 0 Å². The first-order chi connectivity index (χ1) is 4.56. The van der Waals surface area contributed by atoms with Crippen molar-refractivity contribution in [2.45, 2.75) is 25.5 Å². The van der Waals surface area contributed by atoms with Crippen molar-refractivity contribution in [2.75, 3.05) is 12.3 Å². The average molecular weight is 161 g/mol. The molecule has 0 saturated carbocycles. The van der Waals surface area contributed by atoms with E-state index in [9.17, 15) is 4.79 Å². The van der Waals surface area contributed by atoms with Crippen LogP contribution in [0.5, 0.6) is 0 Å². The largest absolute Gasteiger partial charge is 0.358 e. The summed E-state index contributed by atoms with van der Waals surface area (Å²) in [5.41, 5.74) is 0. The van der Waals surface area contributed by atoms with E-state index in [4.69, 9.17) is 0 Å². The minimum atomic E-state index is 0.310. The van der Waals surface area contributed by atoms with Gasteiger partial charge < -0.3 is 5.32 Å². The van der Waals surface area contributed by atoms with Gasteiger partial charge >= 0.3 is 0 Å². The van der Waals surface area contributed by atoms with Gasteiger partial charge in [0.25, 0.3) is 0 Å². The van der Waals surface area contributed by atoms with Gasteiger partial charge in [0, 0.05) is 17.0 Å². The van der Waals surface area contributed by atoms with E-state index < -0.39 is 0 Å². The second-order valence-electron chi connectivity index (χ2n) is 3.03. The molecule has 0 unspecified atom stereocenters. The molecule has 1 amide bonds. The summed E-state index contributed by atoms with van der Waals surface area (Å²) in [6.07, 6.45) is 0.739. The highest BCUT2D eigenvalue weighted by molar-refractivity contribution is 8.00. The van der Waals surface area contributed by atoms with Crippen LogP contribution in [-0.2, 0) is 4.79 Å². The van der Waals surface area contributed by atoms with Crippen LogP contribution >= 0.6 is 11.8 Å². The first kappa shape index (κ1) is 9.82. The van der Waals surface area contributed by atoms with E-state index in [0.29, 0.717) is 4.75 Å². The van der Waals surface area contributed by atoms with Crippen LogP contribution in [0, 0.1) is 0 Å². The Balaban J connectivity index is 3.12. The number of rotatable bonds is 4. The summed E-state index contributed by atoms with van der Waals surface area (Å²) in [6.45, 7) is 7.27. The van der Waals surface area contributed by atoms with Crippen LogP contribution in [0.1, 0.15) is 20.8 Å². The third-order valence-corrected chi connectivity index (χ3v) is 2.14. The van der Waals surface area contributed by atoms with Gasteiger partial charge in [-0.25, -0.2) is 0 Å². The Kier molecular flexibility index (Phi) is 4.52. The lowest BCUT2D eigenvalue weighted by molar-refractivity contribution is -0.109. The highest BCUT2D eigenvalue weighted by Crippen LogP contribution is 2.21. The summed E-state index contributed by atoms with van der Waals surface area (Å²) in [5.74, 6) is 0.988. The minimum absolute atomic E-state index is 0.310. The van der Waals surface area contributed by atoms with E-state index in [-0.39, 0.29) is 0 Å². The standard InChI is InChI=1S/C7H15NOS/c1-7(2,3)10-5-4-8-6-9/h6H,4-5H2,1-3H3,(H,8,9). The summed E-state index contributed by atoms with van der Waals surface area (Å²) in [4.78, 5) is 9.81. The van der Waals surface area contributed by atoms with E-state index in [1.54, 1.807) is 0 Å². The number of hydrogen-bond donors (Lipinski definition) is 1. The molecular weight excluding hydrogens is 146 g/mol. The Bertz CT molecular complexity index is 98.3. The van der Waals surface area contributed by atoms with E-state index >= 15 is 0 Å². The molecule has 0 aliphatic carbocycles. The van der Waals surface area contributed by atoms with Crippen molar-refractivity contribution < 1.29 is 4.79 Å². The van der Waals surface area contributed by atoms with Gasteiger partial charge in [-0.3, -0.25) is 4.79 Å². The van der Waals surface area contributed by atoms with E-state index in [1.165, 1.54) is 0 Å². The molecule has 3 heteroatoms. The fraction of sp³-hybridized carbons (Fsp3) is 0.857. The van der Waals surface area contributed by atoms with Crippen LogP contribution < -0.4 is 5.32 Å². The molecule has 0 aromatic heterocycles. The average Bonchev–Trinajstić information content (AvgIpc) is 1.78. The van der Waals surface area contributed by atoms with Crippen LogP contribution in [-0.4, -0.2) is 23.5 Å². The first-order valence-electron chi connectivity index (χ1n) is 3.37. The number of hydrogen-bond acceptors (Lipinski definition) is 2. The van der Waals surface area contributed by atoms with Crippen molar-refractivity contribution in [3.8, 4) is 0 Å². The Morgan fingerprint density at radius 3 is 2.50 bits per heavy atom. The van der Waals surface area contributed by atoms with Crippen molar-refractivity contribution in [1.29, 1.82) is 0 Å². The molecule has 0 aromatic rings. The monoisotopic (exact) mass is 161 g/mol. The summed E-state index contributed by atoms with van der Waals surface area (Å²) in [7, 11) is 0. The molecule has 60 valence electrons. The predicted octanol–water partition coefficient (Wildman–Crippen LogP) is 1.26. The van der Waals surface area contributed by atoms with Gasteiger partial charge in [-0.2, -0.15) is 11.8 Å². The minimum Gasteiger partial charge on any atom is -0.358 e. The number of thioether (sulfide) groups is 1. The Labute approximate surface area is 66.8 Å². The highest BCUT2D eigenvalue weighted by atomic mass is 32.2. The van der Waals surface area contributed by atoms with Crippen molar-refractivity contribution in [3.05, 3.63) is 0 Å².